The van der Waals surface area contributed by atoms with Crippen LogP contribution in [0, 0.1) is 5.92 Å². The van der Waals surface area contributed by atoms with E-state index in [9.17, 15) is 27.6 Å². The topological polar surface area (TPSA) is 189 Å². The highest BCUT2D eigenvalue weighted by atomic mass is 32.2. The number of aromatic nitrogens is 2. The molecule has 15 nitrogen and oxygen atoms in total. The molecule has 7 rings (SSSR count). The number of sulfonamides is 1. The lowest BCUT2D eigenvalue weighted by Gasteiger charge is -2.33. The number of amides is 4. The number of ether oxygens (including phenoxy) is 2. The van der Waals surface area contributed by atoms with Gasteiger partial charge < -0.3 is 25.0 Å². The summed E-state index contributed by atoms with van der Waals surface area (Å²) < 4.78 is 39.8. The van der Waals surface area contributed by atoms with Crippen LogP contribution in [-0.2, 0) is 29.1 Å². The number of benzene rings is 1. The molecule has 280 valence electrons. The fourth-order valence-corrected chi connectivity index (χ4v) is 8.54. The Morgan fingerprint density at radius 1 is 1.06 bits per heavy atom. The molecular weight excluding hydrogens is 691 g/mol. The van der Waals surface area contributed by atoms with Crippen molar-refractivity contribution in [1.29, 1.82) is 0 Å². The van der Waals surface area contributed by atoms with Gasteiger partial charge in [-0.15, -0.1) is 0 Å². The van der Waals surface area contributed by atoms with Crippen LogP contribution >= 0.6 is 0 Å². The van der Waals surface area contributed by atoms with Crippen molar-refractivity contribution in [3.05, 3.63) is 42.7 Å². The molecule has 52 heavy (non-hydrogen) atoms. The van der Waals surface area contributed by atoms with Crippen molar-refractivity contribution < 1.29 is 37.1 Å². The summed E-state index contributed by atoms with van der Waals surface area (Å²) in [4.78, 5) is 68.2. The molecule has 5 atom stereocenters. The number of fused-ring (bicyclic) bond motifs is 3. The van der Waals surface area contributed by atoms with Crippen LogP contribution in [0.2, 0.25) is 0 Å². The zero-order valence-corrected chi connectivity index (χ0v) is 30.6. The molecular formula is C36H47N7O8S. The molecule has 2 aromatic rings. The highest BCUT2D eigenvalue weighted by Gasteiger charge is 2.62. The maximum atomic E-state index is 14.7. The molecule has 0 radical (unpaired) electrons. The van der Waals surface area contributed by atoms with Gasteiger partial charge >= 0.3 is 6.09 Å². The highest BCUT2D eigenvalue weighted by molar-refractivity contribution is 7.91. The zero-order chi connectivity index (χ0) is 36.8. The van der Waals surface area contributed by atoms with E-state index in [1.54, 1.807) is 20.8 Å². The second-order valence-corrected chi connectivity index (χ2v) is 17.6. The van der Waals surface area contributed by atoms with Crippen LogP contribution in [0.5, 0.6) is 5.88 Å². The minimum absolute atomic E-state index is 0.0102. The maximum Gasteiger partial charge on any atom is 0.408 e. The molecule has 4 fully saturated rings. The van der Waals surface area contributed by atoms with Crippen molar-refractivity contribution in [3.8, 4) is 5.88 Å². The Morgan fingerprint density at radius 3 is 2.56 bits per heavy atom. The van der Waals surface area contributed by atoms with Gasteiger partial charge in [-0.25, -0.2) is 23.2 Å². The van der Waals surface area contributed by atoms with Crippen LogP contribution in [0.1, 0.15) is 72.1 Å². The molecule has 5 aliphatic rings. The van der Waals surface area contributed by atoms with Crippen LogP contribution in [0.4, 0.5) is 4.79 Å². The number of alkyl carbamates (subject to hydrolysis) is 1. The lowest BCUT2D eigenvalue weighted by atomic mass is 10.1. The van der Waals surface area contributed by atoms with Gasteiger partial charge in [-0.2, -0.15) is 0 Å². The van der Waals surface area contributed by atoms with E-state index in [4.69, 9.17) is 9.47 Å². The predicted octanol–water partition coefficient (Wildman–Crippen LogP) is 2.17. The Balaban J connectivity index is 1.21. The number of rotatable bonds is 7. The first-order valence-electron chi connectivity index (χ1n) is 18.2. The van der Waals surface area contributed by atoms with Gasteiger partial charge in [0, 0.05) is 24.9 Å². The summed E-state index contributed by atoms with van der Waals surface area (Å²) in [5, 5.41) is 5.72. The van der Waals surface area contributed by atoms with E-state index in [0.717, 1.165) is 19.3 Å². The Bertz CT molecular complexity index is 1870. The summed E-state index contributed by atoms with van der Waals surface area (Å²) in [5.41, 5.74) is -1.65. The third-order valence-corrected chi connectivity index (χ3v) is 12.1. The average Bonchev–Trinajstić information content (AvgIpc) is 3.96. The molecule has 16 heteroatoms. The first-order chi connectivity index (χ1) is 24.7. The molecule has 3 heterocycles. The first-order valence-corrected chi connectivity index (χ1v) is 19.7. The maximum absolute atomic E-state index is 14.7. The lowest BCUT2D eigenvalue weighted by molar-refractivity contribution is -0.141. The smallest absolute Gasteiger partial charge is 0.408 e. The Morgan fingerprint density at radius 2 is 1.83 bits per heavy atom. The van der Waals surface area contributed by atoms with Crippen LogP contribution in [0.25, 0.3) is 10.9 Å². The minimum Gasteiger partial charge on any atom is -0.472 e. The summed E-state index contributed by atoms with van der Waals surface area (Å²) in [6.45, 7) is 6.08. The van der Waals surface area contributed by atoms with E-state index in [-0.39, 0.29) is 32.0 Å². The Labute approximate surface area is 303 Å². The monoisotopic (exact) mass is 737 g/mol. The standard InChI is InChI=1S/C36H47N7O8S/c1-35(2,3)51-34(47)39-28-20-42(23-12-13-23)16-8-4-5-9-22-18-36(22,33(46)41-52(48,49)25-14-15-25)40-30(44)29-17-24(19-43(29)32(28)45)50-31-26-10-6-7-11-27(26)37-21-38-31/h5-7,9-11,21-25,28-29H,4,8,12-20H2,1-3H3,(H,39,47)(H,40,44)(H,41,46)/b9-5-/t22?,24-,28+,29+,36-/m1/s1. The van der Waals surface area contributed by atoms with Gasteiger partial charge in [-0.05, 0) is 84.4 Å². The number of nitrogens with zero attached hydrogens (tertiary/aromatic N) is 4. The number of hydrogen-bond donors (Lipinski definition) is 3. The fourth-order valence-electron chi connectivity index (χ4n) is 7.18. The first kappa shape index (κ1) is 36.1. The fraction of sp³-hybridized carbons (Fsp3) is 0.611. The van der Waals surface area contributed by atoms with E-state index in [2.05, 4.69) is 30.2 Å². The average molecular weight is 738 g/mol. The molecule has 3 N–H and O–H groups in total. The molecule has 1 aromatic heterocycles. The number of hydrogen-bond acceptors (Lipinski definition) is 11. The largest absolute Gasteiger partial charge is 0.472 e. The molecule has 3 saturated carbocycles. The van der Waals surface area contributed by atoms with Crippen molar-refractivity contribution in [2.24, 2.45) is 5.92 Å². The molecule has 4 amide bonds. The van der Waals surface area contributed by atoms with E-state index in [1.807, 2.05) is 36.4 Å². The molecule has 2 aliphatic heterocycles. The van der Waals surface area contributed by atoms with Gasteiger partial charge in [0.25, 0.3) is 5.91 Å². The lowest BCUT2D eigenvalue weighted by Crippen LogP contribution is -2.60. The summed E-state index contributed by atoms with van der Waals surface area (Å²) in [6, 6.07) is 5.43. The van der Waals surface area contributed by atoms with Gasteiger partial charge in [0.05, 0.1) is 22.7 Å². The second kappa shape index (κ2) is 13.9. The summed E-state index contributed by atoms with van der Waals surface area (Å²) in [6.07, 6.45) is 8.39. The molecule has 3 aliphatic carbocycles. The second-order valence-electron chi connectivity index (χ2n) is 15.6. The molecule has 1 unspecified atom stereocenters. The van der Waals surface area contributed by atoms with Crippen molar-refractivity contribution in [3.63, 3.8) is 0 Å². The van der Waals surface area contributed by atoms with E-state index in [1.165, 1.54) is 11.2 Å². The van der Waals surface area contributed by atoms with Crippen LogP contribution < -0.4 is 20.1 Å². The number of nitrogens with one attached hydrogen (secondary N) is 3. The summed E-state index contributed by atoms with van der Waals surface area (Å²) in [7, 11) is -3.89. The van der Waals surface area contributed by atoms with Gasteiger partial charge in [0.1, 0.15) is 35.7 Å². The Kier molecular flexibility index (Phi) is 9.65. The molecule has 1 saturated heterocycles. The molecule has 1 aromatic carbocycles. The van der Waals surface area contributed by atoms with Crippen molar-refractivity contribution in [2.75, 3.05) is 19.6 Å². The van der Waals surface area contributed by atoms with Crippen molar-refractivity contribution in [1.82, 2.24) is 35.1 Å². The van der Waals surface area contributed by atoms with Crippen LogP contribution in [-0.4, -0.2) is 112 Å². The minimum atomic E-state index is -3.89. The van der Waals surface area contributed by atoms with Gasteiger partial charge in [0.15, 0.2) is 0 Å². The molecule has 0 spiro atoms. The normalized spacial score (nSPS) is 29.5. The number of para-hydroxylation sites is 1. The zero-order valence-electron chi connectivity index (χ0n) is 29.7. The Hall–Kier alpha value is -4.31. The summed E-state index contributed by atoms with van der Waals surface area (Å²) >= 11 is 0. The third kappa shape index (κ3) is 8.02. The summed E-state index contributed by atoms with van der Waals surface area (Å²) in [5.74, 6) is -2.03. The number of carbonyl (C=O) groups is 4. The number of allylic oxidation sites excluding steroid dienone is 1. The van der Waals surface area contributed by atoms with Crippen molar-refractivity contribution in [2.45, 2.75) is 113 Å². The van der Waals surface area contributed by atoms with Crippen molar-refractivity contribution >= 4 is 44.7 Å². The van der Waals surface area contributed by atoms with Gasteiger partial charge in [0.2, 0.25) is 27.7 Å². The SMILES string of the molecule is CC(C)(C)OC(=O)N[C@H]1CN(C2CC2)CCC/C=C\C2C[C@@]2(C(=O)NS(=O)(=O)C2CC2)NC(=O)[C@@H]2C[C@@H](Oc3ncnc4ccccc34)CN2C1=O. The van der Waals surface area contributed by atoms with Crippen LogP contribution in [0.15, 0.2) is 42.7 Å². The van der Waals surface area contributed by atoms with Crippen LogP contribution in [0.3, 0.4) is 0 Å². The third-order valence-electron chi connectivity index (χ3n) is 10.3. The number of carbonyl (C=O) groups excluding carboxylic acids is 4. The van der Waals surface area contributed by atoms with Gasteiger partial charge in [-0.3, -0.25) is 24.0 Å². The van der Waals surface area contributed by atoms with Gasteiger partial charge in [-0.1, -0.05) is 24.3 Å². The molecule has 0 bridgehead atoms. The van der Waals surface area contributed by atoms with E-state index in [0.29, 0.717) is 42.6 Å². The quantitative estimate of drug-likeness (QED) is 0.354. The van der Waals surface area contributed by atoms with E-state index >= 15 is 0 Å². The predicted molar refractivity (Wildman–Crippen MR) is 189 cm³/mol. The highest BCUT2D eigenvalue weighted by Crippen LogP contribution is 2.46. The van der Waals surface area contributed by atoms with E-state index < -0.39 is 74.3 Å².